The first-order valence-corrected chi connectivity index (χ1v) is 13.9. The molecule has 0 aliphatic carbocycles. The Labute approximate surface area is 226 Å². The first kappa shape index (κ1) is 27.4. The Hall–Kier alpha value is -3.63. The SMILES string of the molecule is COC(=O)C(CCN(c1c(Cl)c(C)cc2nc(OC)c(OC)nc12)S(C)(=O)=O)c1ccc2ccccc2c1. The molecule has 0 aliphatic heterocycles. The molecule has 0 saturated heterocycles. The molecule has 1 unspecified atom stereocenters. The van der Waals surface area contributed by atoms with E-state index in [1.807, 2.05) is 42.5 Å². The first-order chi connectivity index (χ1) is 18.1. The minimum Gasteiger partial charge on any atom is -0.477 e. The van der Waals surface area contributed by atoms with E-state index < -0.39 is 21.9 Å². The Kier molecular flexibility index (Phi) is 7.94. The summed E-state index contributed by atoms with van der Waals surface area (Å²) in [6, 6.07) is 15.2. The third-order valence-corrected chi connectivity index (χ3v) is 7.95. The maximum atomic E-state index is 13.1. The molecule has 0 spiro atoms. The van der Waals surface area contributed by atoms with Crippen LogP contribution in [0, 0.1) is 6.92 Å². The smallest absolute Gasteiger partial charge is 0.313 e. The summed E-state index contributed by atoms with van der Waals surface area (Å²) in [6.45, 7) is 1.68. The Morgan fingerprint density at radius 3 is 2.29 bits per heavy atom. The van der Waals surface area contributed by atoms with Gasteiger partial charge in [0.05, 0.1) is 49.7 Å². The Balaban J connectivity index is 1.82. The number of methoxy groups -OCH3 is 3. The van der Waals surface area contributed by atoms with Crippen LogP contribution in [0.5, 0.6) is 11.8 Å². The second kappa shape index (κ2) is 11.0. The number of halogens is 1. The summed E-state index contributed by atoms with van der Waals surface area (Å²) in [5, 5.41) is 2.19. The molecule has 1 heterocycles. The Morgan fingerprint density at radius 1 is 1.00 bits per heavy atom. The lowest BCUT2D eigenvalue weighted by Gasteiger charge is -2.27. The van der Waals surface area contributed by atoms with Crippen LogP contribution in [-0.4, -0.2) is 58.5 Å². The van der Waals surface area contributed by atoms with Gasteiger partial charge < -0.3 is 14.2 Å². The summed E-state index contributed by atoms with van der Waals surface area (Å²) < 4.78 is 43.1. The highest BCUT2D eigenvalue weighted by atomic mass is 35.5. The summed E-state index contributed by atoms with van der Waals surface area (Å²) in [5.41, 5.74) is 2.08. The van der Waals surface area contributed by atoms with Crippen molar-refractivity contribution in [2.45, 2.75) is 19.3 Å². The van der Waals surface area contributed by atoms with E-state index in [4.69, 9.17) is 25.8 Å². The molecular formula is C27H28ClN3O6S. The van der Waals surface area contributed by atoms with Crippen LogP contribution in [0.3, 0.4) is 0 Å². The third-order valence-electron chi connectivity index (χ3n) is 6.31. The van der Waals surface area contributed by atoms with Crippen molar-refractivity contribution in [1.29, 1.82) is 0 Å². The molecule has 9 nitrogen and oxygen atoms in total. The number of carbonyl (C=O) groups is 1. The van der Waals surface area contributed by atoms with E-state index in [0.717, 1.165) is 26.9 Å². The van der Waals surface area contributed by atoms with E-state index in [2.05, 4.69) is 9.97 Å². The molecule has 0 saturated carbocycles. The number of esters is 1. The molecule has 0 radical (unpaired) electrons. The summed E-state index contributed by atoms with van der Waals surface area (Å²) in [6.07, 6.45) is 1.21. The Bertz CT molecular complexity index is 1630. The maximum Gasteiger partial charge on any atom is 0.313 e. The fourth-order valence-electron chi connectivity index (χ4n) is 4.42. The average molecular weight is 558 g/mol. The molecule has 38 heavy (non-hydrogen) atoms. The number of nitrogens with zero attached hydrogens (tertiary/aromatic N) is 3. The van der Waals surface area contributed by atoms with Crippen LogP contribution >= 0.6 is 11.6 Å². The van der Waals surface area contributed by atoms with E-state index in [1.165, 1.54) is 21.3 Å². The van der Waals surface area contributed by atoms with Crippen molar-refractivity contribution >= 4 is 55.1 Å². The lowest BCUT2D eigenvalue weighted by molar-refractivity contribution is -0.142. The fourth-order valence-corrected chi connectivity index (χ4v) is 5.66. The Morgan fingerprint density at radius 2 is 1.66 bits per heavy atom. The molecule has 1 aromatic heterocycles. The highest BCUT2D eigenvalue weighted by molar-refractivity contribution is 7.92. The number of benzene rings is 3. The second-order valence-corrected chi connectivity index (χ2v) is 11.1. The van der Waals surface area contributed by atoms with E-state index in [-0.39, 0.29) is 41.0 Å². The molecule has 3 aromatic carbocycles. The zero-order chi connectivity index (χ0) is 27.6. The van der Waals surface area contributed by atoms with Crippen molar-refractivity contribution in [3.63, 3.8) is 0 Å². The van der Waals surface area contributed by atoms with Crippen LogP contribution in [0.4, 0.5) is 5.69 Å². The molecule has 0 bridgehead atoms. The number of rotatable bonds is 9. The van der Waals surface area contributed by atoms with Crippen LogP contribution in [0.25, 0.3) is 21.8 Å². The van der Waals surface area contributed by atoms with Crippen LogP contribution in [0.1, 0.15) is 23.5 Å². The van der Waals surface area contributed by atoms with Gasteiger partial charge in [0.25, 0.3) is 11.8 Å². The molecule has 0 amide bonds. The quantitative estimate of drug-likeness (QED) is 0.268. The fraction of sp³-hybridized carbons (Fsp3) is 0.296. The van der Waals surface area contributed by atoms with Crippen molar-refractivity contribution in [1.82, 2.24) is 9.97 Å². The van der Waals surface area contributed by atoms with E-state index in [1.54, 1.807) is 13.0 Å². The van der Waals surface area contributed by atoms with Gasteiger partial charge in [-0.05, 0) is 41.3 Å². The van der Waals surface area contributed by atoms with Crippen molar-refractivity contribution in [3.8, 4) is 11.8 Å². The lowest BCUT2D eigenvalue weighted by atomic mass is 9.93. The normalized spacial score (nSPS) is 12.4. The number of carbonyl (C=O) groups excluding carboxylic acids is 1. The number of hydrogen-bond donors (Lipinski definition) is 0. The molecule has 4 rings (SSSR count). The number of fused-ring (bicyclic) bond motifs is 2. The number of sulfonamides is 1. The molecule has 1 atom stereocenters. The van der Waals surface area contributed by atoms with Gasteiger partial charge in [0.1, 0.15) is 5.52 Å². The van der Waals surface area contributed by atoms with Crippen LogP contribution in [-0.2, 0) is 19.6 Å². The van der Waals surface area contributed by atoms with Crippen molar-refractivity contribution < 1.29 is 27.4 Å². The topological polar surface area (TPSA) is 108 Å². The molecule has 4 aromatic rings. The molecule has 11 heteroatoms. The summed E-state index contributed by atoms with van der Waals surface area (Å²) in [4.78, 5) is 21.8. The van der Waals surface area contributed by atoms with Crippen LogP contribution in [0.2, 0.25) is 5.02 Å². The molecule has 0 fully saturated rings. The van der Waals surface area contributed by atoms with Gasteiger partial charge in [-0.3, -0.25) is 9.10 Å². The summed E-state index contributed by atoms with van der Waals surface area (Å²) in [5.74, 6) is -0.955. The van der Waals surface area contributed by atoms with Gasteiger partial charge >= 0.3 is 5.97 Å². The third kappa shape index (κ3) is 5.32. The molecule has 0 aliphatic rings. The standard InChI is InChI=1S/C27H28ClN3O6S/c1-16-14-21-23(30-26(36-3)25(29-21)35-2)24(22(16)28)31(38(5,33)34)13-12-20(27(32)37-4)19-11-10-17-8-6-7-9-18(17)15-19/h6-11,14-15,20H,12-13H2,1-5H3. The van der Waals surface area contributed by atoms with Crippen molar-refractivity contribution in [2.75, 3.05) is 38.4 Å². The summed E-state index contributed by atoms with van der Waals surface area (Å²) in [7, 11) is 0.283. The zero-order valence-corrected chi connectivity index (χ0v) is 23.3. The van der Waals surface area contributed by atoms with Gasteiger partial charge in [-0.25, -0.2) is 18.4 Å². The highest BCUT2D eigenvalue weighted by Gasteiger charge is 2.29. The van der Waals surface area contributed by atoms with Crippen molar-refractivity contribution in [3.05, 3.63) is 64.7 Å². The highest BCUT2D eigenvalue weighted by Crippen LogP contribution is 2.40. The number of hydrogen-bond acceptors (Lipinski definition) is 8. The largest absolute Gasteiger partial charge is 0.477 e. The van der Waals surface area contributed by atoms with Gasteiger partial charge in [0.2, 0.25) is 10.0 Å². The number of aryl methyl sites for hydroxylation is 1. The van der Waals surface area contributed by atoms with Crippen LogP contribution in [0.15, 0.2) is 48.5 Å². The first-order valence-electron chi connectivity index (χ1n) is 11.7. The number of anilines is 1. The number of ether oxygens (including phenoxy) is 3. The van der Waals surface area contributed by atoms with Gasteiger partial charge in [0.15, 0.2) is 0 Å². The van der Waals surface area contributed by atoms with E-state index in [0.29, 0.717) is 11.1 Å². The molecular weight excluding hydrogens is 530 g/mol. The van der Waals surface area contributed by atoms with Crippen molar-refractivity contribution in [2.24, 2.45) is 0 Å². The average Bonchev–Trinajstić information content (AvgIpc) is 2.90. The minimum absolute atomic E-state index is 0.0697. The second-order valence-electron chi connectivity index (χ2n) is 8.77. The van der Waals surface area contributed by atoms with Gasteiger partial charge in [-0.15, -0.1) is 0 Å². The van der Waals surface area contributed by atoms with E-state index >= 15 is 0 Å². The maximum absolute atomic E-state index is 13.1. The summed E-state index contributed by atoms with van der Waals surface area (Å²) >= 11 is 6.69. The number of aromatic nitrogens is 2. The predicted molar refractivity (Wildman–Crippen MR) is 148 cm³/mol. The predicted octanol–water partition coefficient (Wildman–Crippen LogP) is 4.87. The minimum atomic E-state index is -3.87. The van der Waals surface area contributed by atoms with Crippen LogP contribution < -0.4 is 13.8 Å². The molecule has 0 N–H and O–H groups in total. The zero-order valence-electron chi connectivity index (χ0n) is 21.7. The monoisotopic (exact) mass is 557 g/mol. The molecule has 200 valence electrons. The van der Waals surface area contributed by atoms with Gasteiger partial charge in [-0.2, -0.15) is 0 Å². The van der Waals surface area contributed by atoms with Gasteiger partial charge in [0, 0.05) is 6.54 Å². The lowest BCUT2D eigenvalue weighted by Crippen LogP contribution is -2.33. The van der Waals surface area contributed by atoms with Gasteiger partial charge in [-0.1, -0.05) is 54.1 Å². The van der Waals surface area contributed by atoms with E-state index in [9.17, 15) is 13.2 Å².